The molecule has 0 aromatic carbocycles. The van der Waals surface area contributed by atoms with Gasteiger partial charge in [0.05, 0.1) is 0 Å². The van der Waals surface area contributed by atoms with E-state index in [1.807, 2.05) is 0 Å². The van der Waals surface area contributed by atoms with Crippen molar-refractivity contribution in [3.05, 3.63) is 0 Å². The maximum atomic E-state index is 6.16. The Morgan fingerprint density at radius 3 is 2.31 bits per heavy atom. The Morgan fingerprint density at radius 2 is 1.81 bits per heavy atom. The Balaban J connectivity index is 2.15. The minimum atomic E-state index is 0.325. The van der Waals surface area contributed by atoms with Crippen LogP contribution < -0.4 is 5.73 Å². The van der Waals surface area contributed by atoms with E-state index in [1.54, 1.807) is 0 Å². The topological polar surface area (TPSA) is 29.3 Å². The van der Waals surface area contributed by atoms with Gasteiger partial charge in [0, 0.05) is 12.1 Å². The lowest BCUT2D eigenvalue weighted by molar-refractivity contribution is -0.00867. The first kappa shape index (κ1) is 12.4. The summed E-state index contributed by atoms with van der Waals surface area (Å²) in [4.78, 5) is 2.70. The molecule has 0 spiro atoms. The van der Waals surface area contributed by atoms with Gasteiger partial charge in [-0.2, -0.15) is 0 Å². The minimum Gasteiger partial charge on any atom is -0.329 e. The number of likely N-dealkylation sites (tertiary alicyclic amines) is 1. The lowest BCUT2D eigenvalue weighted by atomic mass is 9.63. The van der Waals surface area contributed by atoms with E-state index in [9.17, 15) is 0 Å². The van der Waals surface area contributed by atoms with E-state index >= 15 is 0 Å². The van der Waals surface area contributed by atoms with Gasteiger partial charge in [-0.1, -0.05) is 20.8 Å². The normalized spacial score (nSPS) is 40.1. The maximum Gasteiger partial charge on any atom is 0.0357 e. The molecule has 1 heterocycles. The third-order valence-corrected chi connectivity index (χ3v) is 5.10. The van der Waals surface area contributed by atoms with Gasteiger partial charge in [-0.15, -0.1) is 0 Å². The first-order valence-electron chi connectivity index (χ1n) is 6.95. The van der Waals surface area contributed by atoms with Crippen LogP contribution in [0.15, 0.2) is 0 Å². The highest BCUT2D eigenvalue weighted by atomic mass is 15.2. The highest BCUT2D eigenvalue weighted by molar-refractivity contribution is 5.02. The SMILES string of the molecule is CC1CC(C)(C)CCC1(CN)N1CCCC1. The molecule has 1 saturated heterocycles. The van der Waals surface area contributed by atoms with Crippen LogP contribution in [-0.4, -0.2) is 30.1 Å². The first-order valence-corrected chi connectivity index (χ1v) is 6.95. The number of hydrogen-bond donors (Lipinski definition) is 1. The Morgan fingerprint density at radius 1 is 1.19 bits per heavy atom. The molecule has 1 aliphatic heterocycles. The second kappa shape index (κ2) is 4.30. The van der Waals surface area contributed by atoms with Gasteiger partial charge in [0.1, 0.15) is 0 Å². The molecule has 0 radical (unpaired) electrons. The molecule has 2 unspecified atom stereocenters. The second-order valence-electron chi connectivity index (χ2n) is 6.77. The van der Waals surface area contributed by atoms with Crippen LogP contribution in [0.4, 0.5) is 0 Å². The van der Waals surface area contributed by atoms with Gasteiger partial charge in [0.15, 0.2) is 0 Å². The molecule has 2 nitrogen and oxygen atoms in total. The Hall–Kier alpha value is -0.0800. The Kier molecular flexibility index (Phi) is 3.33. The third kappa shape index (κ3) is 2.02. The largest absolute Gasteiger partial charge is 0.329 e. The van der Waals surface area contributed by atoms with Crippen molar-refractivity contribution in [2.75, 3.05) is 19.6 Å². The molecule has 0 bridgehead atoms. The van der Waals surface area contributed by atoms with E-state index in [0.717, 1.165) is 12.5 Å². The van der Waals surface area contributed by atoms with E-state index in [0.29, 0.717) is 11.0 Å². The Bertz CT molecular complexity index is 243. The van der Waals surface area contributed by atoms with Crippen LogP contribution in [0.1, 0.15) is 52.9 Å². The number of hydrogen-bond acceptors (Lipinski definition) is 2. The average Bonchev–Trinajstić information content (AvgIpc) is 2.71. The van der Waals surface area contributed by atoms with Gasteiger partial charge in [-0.05, 0) is 56.5 Å². The zero-order valence-corrected chi connectivity index (χ0v) is 11.3. The molecule has 1 aliphatic carbocycles. The summed E-state index contributed by atoms with van der Waals surface area (Å²) < 4.78 is 0. The summed E-state index contributed by atoms with van der Waals surface area (Å²) in [6.45, 7) is 10.7. The number of rotatable bonds is 2. The molecule has 2 aliphatic rings. The van der Waals surface area contributed by atoms with Crippen LogP contribution in [0.5, 0.6) is 0 Å². The molecule has 2 fully saturated rings. The van der Waals surface area contributed by atoms with Gasteiger partial charge in [-0.3, -0.25) is 4.90 Å². The van der Waals surface area contributed by atoms with Crippen LogP contribution in [-0.2, 0) is 0 Å². The van der Waals surface area contributed by atoms with Crippen molar-refractivity contribution in [1.82, 2.24) is 4.90 Å². The molecule has 0 amide bonds. The van der Waals surface area contributed by atoms with Crippen LogP contribution in [0.2, 0.25) is 0 Å². The highest BCUT2D eigenvalue weighted by Crippen LogP contribution is 2.46. The average molecular weight is 224 g/mol. The molecule has 1 saturated carbocycles. The smallest absolute Gasteiger partial charge is 0.0357 e. The van der Waals surface area contributed by atoms with Crippen molar-refractivity contribution < 1.29 is 0 Å². The first-order chi connectivity index (χ1) is 7.50. The van der Waals surface area contributed by atoms with Crippen molar-refractivity contribution in [1.29, 1.82) is 0 Å². The standard InChI is InChI=1S/C14H28N2/c1-12-10-13(2,3)6-7-14(12,11-15)16-8-4-5-9-16/h12H,4-11,15H2,1-3H3. The number of nitrogens with zero attached hydrogens (tertiary/aromatic N) is 1. The lowest BCUT2D eigenvalue weighted by Gasteiger charge is -2.52. The van der Waals surface area contributed by atoms with Crippen molar-refractivity contribution in [2.45, 2.75) is 58.4 Å². The fourth-order valence-corrected chi connectivity index (χ4v) is 3.99. The number of nitrogens with two attached hydrogens (primary N) is 1. The van der Waals surface area contributed by atoms with Crippen LogP contribution in [0.3, 0.4) is 0 Å². The molecular weight excluding hydrogens is 196 g/mol. The molecular formula is C14H28N2. The van der Waals surface area contributed by atoms with E-state index in [4.69, 9.17) is 5.73 Å². The third-order valence-electron chi connectivity index (χ3n) is 5.10. The fraction of sp³-hybridized carbons (Fsp3) is 1.00. The Labute approximate surface area is 101 Å². The summed E-state index contributed by atoms with van der Waals surface area (Å²) in [5.41, 5.74) is 7.01. The molecule has 0 aromatic rings. The summed E-state index contributed by atoms with van der Waals surface area (Å²) in [6.07, 6.45) is 6.72. The van der Waals surface area contributed by atoms with Crippen molar-refractivity contribution in [3.63, 3.8) is 0 Å². The van der Waals surface area contributed by atoms with E-state index < -0.39 is 0 Å². The van der Waals surface area contributed by atoms with Crippen LogP contribution in [0, 0.1) is 11.3 Å². The predicted molar refractivity (Wildman–Crippen MR) is 69.4 cm³/mol. The summed E-state index contributed by atoms with van der Waals surface area (Å²) in [5, 5.41) is 0. The van der Waals surface area contributed by atoms with E-state index in [2.05, 4.69) is 25.7 Å². The monoisotopic (exact) mass is 224 g/mol. The molecule has 94 valence electrons. The maximum absolute atomic E-state index is 6.16. The summed E-state index contributed by atoms with van der Waals surface area (Å²) >= 11 is 0. The molecule has 16 heavy (non-hydrogen) atoms. The zero-order chi connectivity index (χ0) is 11.8. The molecule has 2 heteroatoms. The summed E-state index contributed by atoms with van der Waals surface area (Å²) in [7, 11) is 0. The second-order valence-corrected chi connectivity index (χ2v) is 6.77. The predicted octanol–water partition coefficient (Wildman–Crippen LogP) is 2.63. The highest BCUT2D eigenvalue weighted by Gasteiger charge is 2.46. The van der Waals surface area contributed by atoms with Gasteiger partial charge in [-0.25, -0.2) is 0 Å². The summed E-state index contributed by atoms with van der Waals surface area (Å²) in [5.74, 6) is 0.749. The molecule has 2 N–H and O–H groups in total. The fourth-order valence-electron chi connectivity index (χ4n) is 3.99. The summed E-state index contributed by atoms with van der Waals surface area (Å²) in [6, 6.07) is 0. The lowest BCUT2D eigenvalue weighted by Crippen LogP contribution is -2.60. The van der Waals surface area contributed by atoms with Crippen LogP contribution >= 0.6 is 0 Å². The minimum absolute atomic E-state index is 0.325. The quantitative estimate of drug-likeness (QED) is 0.781. The van der Waals surface area contributed by atoms with Gasteiger partial charge >= 0.3 is 0 Å². The van der Waals surface area contributed by atoms with Crippen molar-refractivity contribution >= 4 is 0 Å². The van der Waals surface area contributed by atoms with E-state index in [-0.39, 0.29) is 0 Å². The molecule has 0 aromatic heterocycles. The van der Waals surface area contributed by atoms with E-state index in [1.165, 1.54) is 45.2 Å². The van der Waals surface area contributed by atoms with Gasteiger partial charge in [0.2, 0.25) is 0 Å². The molecule has 2 atom stereocenters. The van der Waals surface area contributed by atoms with Crippen LogP contribution in [0.25, 0.3) is 0 Å². The van der Waals surface area contributed by atoms with Gasteiger partial charge < -0.3 is 5.73 Å². The van der Waals surface area contributed by atoms with Crippen molar-refractivity contribution in [2.24, 2.45) is 17.1 Å². The molecule has 2 rings (SSSR count). The zero-order valence-electron chi connectivity index (χ0n) is 11.3. The van der Waals surface area contributed by atoms with Crippen molar-refractivity contribution in [3.8, 4) is 0 Å². The van der Waals surface area contributed by atoms with Gasteiger partial charge in [0.25, 0.3) is 0 Å².